The number of halogens is 4. The van der Waals surface area contributed by atoms with Gasteiger partial charge in [-0.05, 0) is 24.6 Å². The molecule has 1 aliphatic rings. The molecule has 4 aromatic rings. The van der Waals surface area contributed by atoms with Crippen LogP contribution in [0.1, 0.15) is 23.7 Å². The second-order valence-corrected chi connectivity index (χ2v) is 7.88. The number of fused-ring (bicyclic) bond motifs is 2. The molecule has 3 aromatic heterocycles. The number of amides is 1. The molecule has 0 saturated heterocycles. The van der Waals surface area contributed by atoms with E-state index in [0.717, 1.165) is 6.33 Å². The summed E-state index contributed by atoms with van der Waals surface area (Å²) in [6.07, 6.45) is -3.95. The summed E-state index contributed by atoms with van der Waals surface area (Å²) in [7, 11) is 0. The second-order valence-electron chi connectivity index (χ2n) is 7.88. The number of carbonyl (C=O) groups excluding carboxylic acids is 1. The van der Waals surface area contributed by atoms with E-state index in [1.807, 2.05) is 0 Å². The van der Waals surface area contributed by atoms with E-state index in [1.54, 1.807) is 0 Å². The standard InChI is InChI=1S/C21H15F4N7O2/c1-21(9-2-4-10(22)5-3-9)14-17(31-20(21)34)29-16(30-19(14)33)13-7-32-18(26-8-27-32)12(28-13)6-11(23)15(24)25/h2-5,7-8,11,15H,6H2,1H3,(H2,29,30,31,33,34). The van der Waals surface area contributed by atoms with Crippen molar-refractivity contribution in [2.45, 2.75) is 31.4 Å². The number of hydrogen-bond donors (Lipinski definition) is 2. The summed E-state index contributed by atoms with van der Waals surface area (Å²) in [5.41, 5.74) is -1.72. The number of anilines is 1. The van der Waals surface area contributed by atoms with Crippen LogP contribution in [-0.4, -0.2) is 48.1 Å². The van der Waals surface area contributed by atoms with Crippen molar-refractivity contribution in [1.82, 2.24) is 29.5 Å². The maximum atomic E-state index is 13.7. The highest BCUT2D eigenvalue weighted by atomic mass is 19.3. The minimum Gasteiger partial charge on any atom is -0.309 e. The minimum atomic E-state index is -3.22. The van der Waals surface area contributed by atoms with Gasteiger partial charge in [-0.25, -0.2) is 37.0 Å². The molecule has 4 heterocycles. The van der Waals surface area contributed by atoms with Gasteiger partial charge in [-0.15, -0.1) is 0 Å². The molecule has 2 atom stereocenters. The number of benzene rings is 1. The quantitative estimate of drug-likeness (QED) is 0.430. The molecule has 174 valence electrons. The molecular formula is C21H15F4N7O2. The van der Waals surface area contributed by atoms with E-state index in [1.165, 1.54) is 41.9 Å². The van der Waals surface area contributed by atoms with Crippen molar-refractivity contribution < 1.29 is 22.4 Å². The average Bonchev–Trinajstić information content (AvgIpc) is 3.37. The summed E-state index contributed by atoms with van der Waals surface area (Å²) >= 11 is 0. The predicted octanol–water partition coefficient (Wildman–Crippen LogP) is 2.42. The Balaban J connectivity index is 1.63. The monoisotopic (exact) mass is 473 g/mol. The van der Waals surface area contributed by atoms with Gasteiger partial charge in [-0.2, -0.15) is 5.10 Å². The summed E-state index contributed by atoms with van der Waals surface area (Å²) < 4.78 is 53.9. The first-order valence-corrected chi connectivity index (χ1v) is 10.0. The van der Waals surface area contributed by atoms with Gasteiger partial charge in [0.15, 0.2) is 17.6 Å². The number of aromatic nitrogens is 6. The fourth-order valence-corrected chi connectivity index (χ4v) is 3.97. The summed E-state index contributed by atoms with van der Waals surface area (Å²) in [6, 6.07) is 5.16. The lowest BCUT2D eigenvalue weighted by Gasteiger charge is -2.21. The lowest BCUT2D eigenvalue weighted by molar-refractivity contribution is -0.119. The first-order valence-electron chi connectivity index (χ1n) is 10.0. The molecule has 0 saturated carbocycles. The fraction of sp³-hybridized carbons (Fsp3) is 0.238. The third-order valence-corrected chi connectivity index (χ3v) is 5.76. The average molecular weight is 473 g/mol. The van der Waals surface area contributed by atoms with E-state index in [2.05, 4.69) is 30.4 Å². The maximum absolute atomic E-state index is 13.7. The van der Waals surface area contributed by atoms with Crippen LogP contribution in [0, 0.1) is 5.82 Å². The Labute approximate surface area is 187 Å². The van der Waals surface area contributed by atoms with Crippen LogP contribution in [0.3, 0.4) is 0 Å². The number of nitrogens with one attached hydrogen (secondary N) is 2. The van der Waals surface area contributed by atoms with Crippen LogP contribution in [0.2, 0.25) is 0 Å². The van der Waals surface area contributed by atoms with E-state index in [-0.39, 0.29) is 34.2 Å². The van der Waals surface area contributed by atoms with Crippen molar-refractivity contribution in [3.63, 3.8) is 0 Å². The summed E-state index contributed by atoms with van der Waals surface area (Å²) in [6.45, 7) is 1.52. The molecule has 2 unspecified atom stereocenters. The topological polar surface area (TPSA) is 118 Å². The van der Waals surface area contributed by atoms with E-state index in [4.69, 9.17) is 0 Å². The fourth-order valence-electron chi connectivity index (χ4n) is 3.97. The van der Waals surface area contributed by atoms with Gasteiger partial charge in [0.25, 0.3) is 12.0 Å². The highest BCUT2D eigenvalue weighted by Gasteiger charge is 2.47. The summed E-state index contributed by atoms with van der Waals surface area (Å²) in [5, 5.41) is 6.49. The Bertz CT molecular complexity index is 1490. The Morgan fingerprint density at radius 1 is 1.12 bits per heavy atom. The summed E-state index contributed by atoms with van der Waals surface area (Å²) in [4.78, 5) is 40.9. The third kappa shape index (κ3) is 3.31. The number of alkyl halides is 3. The molecule has 0 aliphatic carbocycles. The second kappa shape index (κ2) is 7.71. The van der Waals surface area contributed by atoms with Gasteiger partial charge in [0.1, 0.15) is 29.1 Å². The van der Waals surface area contributed by atoms with Crippen LogP contribution >= 0.6 is 0 Å². The zero-order valence-electron chi connectivity index (χ0n) is 17.4. The number of rotatable bonds is 5. The van der Waals surface area contributed by atoms with E-state index in [9.17, 15) is 27.2 Å². The van der Waals surface area contributed by atoms with Crippen molar-refractivity contribution >= 4 is 17.4 Å². The third-order valence-electron chi connectivity index (χ3n) is 5.76. The van der Waals surface area contributed by atoms with Gasteiger partial charge in [0.05, 0.1) is 17.5 Å². The smallest absolute Gasteiger partial charge is 0.269 e. The Kier molecular flexibility index (Phi) is 4.92. The SMILES string of the molecule is CC1(c2ccc(F)cc2)C(=O)Nc2nc(-c3cn4ncnc4c(CC(F)C(F)F)n3)[nH]c(=O)c21. The largest absolute Gasteiger partial charge is 0.309 e. The van der Waals surface area contributed by atoms with E-state index >= 15 is 0 Å². The molecule has 13 heteroatoms. The molecule has 1 aromatic carbocycles. The molecule has 0 spiro atoms. The first-order chi connectivity index (χ1) is 16.2. The number of H-pyrrole nitrogens is 1. The molecule has 1 aliphatic heterocycles. The van der Waals surface area contributed by atoms with Crippen molar-refractivity contribution in [2.75, 3.05) is 5.32 Å². The van der Waals surface area contributed by atoms with Crippen LogP contribution in [0.5, 0.6) is 0 Å². The molecule has 9 nitrogen and oxygen atoms in total. The zero-order valence-corrected chi connectivity index (χ0v) is 17.4. The number of carbonyl (C=O) groups is 1. The van der Waals surface area contributed by atoms with Gasteiger partial charge < -0.3 is 10.3 Å². The van der Waals surface area contributed by atoms with Crippen molar-refractivity contribution in [3.8, 4) is 11.5 Å². The molecule has 0 bridgehead atoms. The van der Waals surface area contributed by atoms with E-state index in [0.29, 0.717) is 5.56 Å². The minimum absolute atomic E-state index is 0.000925. The van der Waals surface area contributed by atoms with Gasteiger partial charge >= 0.3 is 0 Å². The van der Waals surface area contributed by atoms with Crippen LogP contribution in [0.25, 0.3) is 17.2 Å². The maximum Gasteiger partial charge on any atom is 0.269 e. The first kappa shape index (κ1) is 21.7. The number of hydrogen-bond acceptors (Lipinski definition) is 6. The Morgan fingerprint density at radius 2 is 1.85 bits per heavy atom. The molecular weight excluding hydrogens is 458 g/mol. The number of nitrogens with zero attached hydrogens (tertiary/aromatic N) is 5. The van der Waals surface area contributed by atoms with Crippen molar-refractivity contribution in [2.24, 2.45) is 0 Å². The number of aromatic amines is 1. The van der Waals surface area contributed by atoms with Gasteiger partial charge in [0, 0.05) is 6.42 Å². The summed E-state index contributed by atoms with van der Waals surface area (Å²) in [5.74, 6) is -1.17. The molecule has 0 fully saturated rings. The van der Waals surface area contributed by atoms with Crippen LogP contribution < -0.4 is 10.9 Å². The van der Waals surface area contributed by atoms with Crippen LogP contribution in [0.15, 0.2) is 41.6 Å². The van der Waals surface area contributed by atoms with E-state index < -0.39 is 41.7 Å². The highest BCUT2D eigenvalue weighted by molar-refractivity contribution is 6.07. The zero-order chi connectivity index (χ0) is 24.2. The van der Waals surface area contributed by atoms with Gasteiger partial charge in [-0.3, -0.25) is 9.59 Å². The molecule has 5 rings (SSSR count). The van der Waals surface area contributed by atoms with Crippen molar-refractivity contribution in [1.29, 1.82) is 0 Å². The van der Waals surface area contributed by atoms with Crippen LogP contribution in [0.4, 0.5) is 23.4 Å². The van der Waals surface area contributed by atoms with Crippen LogP contribution in [-0.2, 0) is 16.6 Å². The van der Waals surface area contributed by atoms with Crippen molar-refractivity contribution in [3.05, 3.63) is 69.8 Å². The van der Waals surface area contributed by atoms with Gasteiger partial charge in [-0.1, -0.05) is 12.1 Å². The lowest BCUT2D eigenvalue weighted by atomic mass is 9.78. The molecule has 1 amide bonds. The normalized spacial score (nSPS) is 18.4. The lowest BCUT2D eigenvalue weighted by Crippen LogP contribution is -2.36. The predicted molar refractivity (Wildman–Crippen MR) is 111 cm³/mol. The molecule has 34 heavy (non-hydrogen) atoms. The highest BCUT2D eigenvalue weighted by Crippen LogP contribution is 2.40. The Morgan fingerprint density at radius 3 is 2.56 bits per heavy atom. The Hall–Kier alpha value is -4.16. The molecule has 2 N–H and O–H groups in total. The molecule has 0 radical (unpaired) electrons. The van der Waals surface area contributed by atoms with Gasteiger partial charge in [0.2, 0.25) is 5.91 Å².